The zero-order valence-corrected chi connectivity index (χ0v) is 14.3. The number of aryl methyl sites for hydroxylation is 1. The molecule has 3 N–H and O–H groups in total. The lowest BCUT2D eigenvalue weighted by Crippen LogP contribution is -2.45. The molecule has 0 aromatic heterocycles. The van der Waals surface area contributed by atoms with E-state index in [2.05, 4.69) is 16.0 Å². The predicted octanol–water partition coefficient (Wildman–Crippen LogP) is 2.73. The second-order valence-corrected chi connectivity index (χ2v) is 6.37. The van der Waals surface area contributed by atoms with Gasteiger partial charge >= 0.3 is 0 Å². The Kier molecular flexibility index (Phi) is 5.46. The predicted molar refractivity (Wildman–Crippen MR) is 98.9 cm³/mol. The summed E-state index contributed by atoms with van der Waals surface area (Å²) >= 11 is 0. The molecule has 1 fully saturated rings. The molecule has 2 aromatic rings. The van der Waals surface area contributed by atoms with Crippen LogP contribution in [0.4, 0.5) is 5.69 Å². The Hall–Kier alpha value is -2.66. The zero-order valence-electron chi connectivity index (χ0n) is 14.3. The maximum Gasteiger partial charge on any atom is 0.255 e. The van der Waals surface area contributed by atoms with Crippen molar-refractivity contribution in [2.75, 3.05) is 18.4 Å². The molecule has 0 aliphatic carbocycles. The molecule has 1 heterocycles. The summed E-state index contributed by atoms with van der Waals surface area (Å²) < 4.78 is 0. The number of piperidine rings is 1. The zero-order chi connectivity index (χ0) is 17.6. The van der Waals surface area contributed by atoms with Crippen LogP contribution in [0.3, 0.4) is 0 Å². The fraction of sp³-hybridized carbons (Fsp3) is 0.300. The third-order valence-electron chi connectivity index (χ3n) is 4.42. The van der Waals surface area contributed by atoms with Crippen LogP contribution in [0.15, 0.2) is 48.5 Å². The highest BCUT2D eigenvalue weighted by Gasteiger charge is 2.17. The van der Waals surface area contributed by atoms with E-state index in [1.165, 1.54) is 0 Å². The number of benzene rings is 2. The molecule has 0 spiro atoms. The third kappa shape index (κ3) is 4.45. The Balaban J connectivity index is 1.71. The molecule has 1 saturated heterocycles. The van der Waals surface area contributed by atoms with E-state index >= 15 is 0 Å². The molecule has 3 rings (SSSR count). The molecule has 25 heavy (non-hydrogen) atoms. The molecule has 130 valence electrons. The van der Waals surface area contributed by atoms with Crippen molar-refractivity contribution in [1.82, 2.24) is 10.6 Å². The number of hydrogen-bond donors (Lipinski definition) is 3. The standard InChI is InChI=1S/C20H23N3O2/c1-14-9-10-16(20(25)22-17-8-5-11-21-13-17)12-18(14)23-19(24)15-6-3-2-4-7-15/h2-4,6-7,9-10,12,17,21H,5,8,11,13H2,1H3,(H,22,25)(H,23,24)/t17-/m0/s1. The molecule has 2 aromatic carbocycles. The summed E-state index contributed by atoms with van der Waals surface area (Å²) in [6, 6.07) is 14.6. The van der Waals surface area contributed by atoms with Gasteiger partial charge < -0.3 is 16.0 Å². The van der Waals surface area contributed by atoms with E-state index < -0.39 is 0 Å². The van der Waals surface area contributed by atoms with Gasteiger partial charge in [0.05, 0.1) is 0 Å². The van der Waals surface area contributed by atoms with Crippen molar-refractivity contribution < 1.29 is 9.59 Å². The molecule has 0 saturated carbocycles. The first-order valence-electron chi connectivity index (χ1n) is 8.62. The summed E-state index contributed by atoms with van der Waals surface area (Å²) in [5.41, 5.74) is 2.72. The Labute approximate surface area is 147 Å². The normalized spacial score (nSPS) is 16.9. The van der Waals surface area contributed by atoms with Gasteiger partial charge in [0.25, 0.3) is 11.8 Å². The van der Waals surface area contributed by atoms with Crippen molar-refractivity contribution in [3.63, 3.8) is 0 Å². The minimum absolute atomic E-state index is 0.107. The van der Waals surface area contributed by atoms with Gasteiger partial charge in [0, 0.05) is 29.4 Å². The quantitative estimate of drug-likeness (QED) is 0.803. The van der Waals surface area contributed by atoms with Crippen molar-refractivity contribution in [2.45, 2.75) is 25.8 Å². The smallest absolute Gasteiger partial charge is 0.255 e. The summed E-state index contributed by atoms with van der Waals surface area (Å²) in [6.45, 7) is 3.72. The van der Waals surface area contributed by atoms with Crippen molar-refractivity contribution in [3.05, 3.63) is 65.2 Å². The van der Waals surface area contributed by atoms with Crippen LogP contribution in [0.5, 0.6) is 0 Å². The highest BCUT2D eigenvalue weighted by atomic mass is 16.2. The van der Waals surface area contributed by atoms with Gasteiger partial charge in [0.15, 0.2) is 0 Å². The van der Waals surface area contributed by atoms with Gasteiger partial charge in [-0.25, -0.2) is 0 Å². The first-order valence-corrected chi connectivity index (χ1v) is 8.62. The highest BCUT2D eigenvalue weighted by molar-refractivity contribution is 6.05. The Morgan fingerprint density at radius 2 is 1.84 bits per heavy atom. The van der Waals surface area contributed by atoms with Crippen molar-refractivity contribution in [3.8, 4) is 0 Å². The van der Waals surface area contributed by atoms with E-state index in [9.17, 15) is 9.59 Å². The molecular formula is C20H23N3O2. The van der Waals surface area contributed by atoms with Gasteiger partial charge in [0.2, 0.25) is 0 Å². The minimum atomic E-state index is -0.183. The summed E-state index contributed by atoms with van der Waals surface area (Å²) in [5, 5.41) is 9.23. The molecule has 1 aliphatic rings. The average molecular weight is 337 g/mol. The first-order chi connectivity index (χ1) is 12.1. The second-order valence-electron chi connectivity index (χ2n) is 6.37. The van der Waals surface area contributed by atoms with Crippen LogP contribution in [0.2, 0.25) is 0 Å². The van der Waals surface area contributed by atoms with E-state index in [1.54, 1.807) is 24.3 Å². The number of rotatable bonds is 4. The average Bonchev–Trinajstić information content (AvgIpc) is 2.65. The molecule has 0 radical (unpaired) electrons. The SMILES string of the molecule is Cc1ccc(C(=O)N[C@H]2CCCNC2)cc1NC(=O)c1ccccc1. The van der Waals surface area contributed by atoms with E-state index in [0.29, 0.717) is 16.8 Å². The third-order valence-corrected chi connectivity index (χ3v) is 4.42. The molecule has 2 amide bonds. The van der Waals surface area contributed by atoms with Gasteiger partial charge in [0.1, 0.15) is 0 Å². The highest BCUT2D eigenvalue weighted by Crippen LogP contribution is 2.18. The summed E-state index contributed by atoms with van der Waals surface area (Å²) in [6.07, 6.45) is 2.05. The number of hydrogen-bond acceptors (Lipinski definition) is 3. The largest absolute Gasteiger partial charge is 0.348 e. The summed E-state index contributed by atoms with van der Waals surface area (Å²) in [5.74, 6) is -0.290. The van der Waals surface area contributed by atoms with Gasteiger partial charge in [-0.3, -0.25) is 9.59 Å². The Bertz CT molecular complexity index is 753. The molecular weight excluding hydrogens is 314 g/mol. The van der Waals surface area contributed by atoms with Crippen LogP contribution in [-0.4, -0.2) is 30.9 Å². The number of carbonyl (C=O) groups excluding carboxylic acids is 2. The molecule has 1 atom stereocenters. The van der Waals surface area contributed by atoms with Crippen molar-refractivity contribution >= 4 is 17.5 Å². The number of anilines is 1. The van der Waals surface area contributed by atoms with Gasteiger partial charge in [-0.1, -0.05) is 24.3 Å². The van der Waals surface area contributed by atoms with Crippen LogP contribution in [0.25, 0.3) is 0 Å². The van der Waals surface area contributed by atoms with Crippen LogP contribution in [0.1, 0.15) is 39.1 Å². The van der Waals surface area contributed by atoms with E-state index in [0.717, 1.165) is 31.5 Å². The monoisotopic (exact) mass is 337 g/mol. The fourth-order valence-corrected chi connectivity index (χ4v) is 2.93. The van der Waals surface area contributed by atoms with Gasteiger partial charge in [-0.15, -0.1) is 0 Å². The van der Waals surface area contributed by atoms with Crippen LogP contribution in [0, 0.1) is 6.92 Å². The van der Waals surface area contributed by atoms with Crippen LogP contribution < -0.4 is 16.0 Å². The van der Waals surface area contributed by atoms with E-state index in [-0.39, 0.29) is 17.9 Å². The van der Waals surface area contributed by atoms with E-state index in [1.807, 2.05) is 31.2 Å². The minimum Gasteiger partial charge on any atom is -0.348 e. The summed E-state index contributed by atoms with van der Waals surface area (Å²) in [4.78, 5) is 24.8. The molecule has 0 bridgehead atoms. The van der Waals surface area contributed by atoms with Crippen LogP contribution >= 0.6 is 0 Å². The van der Waals surface area contributed by atoms with Crippen LogP contribution in [-0.2, 0) is 0 Å². The maximum absolute atomic E-state index is 12.5. The lowest BCUT2D eigenvalue weighted by molar-refractivity contribution is 0.0929. The number of amides is 2. The maximum atomic E-state index is 12.5. The molecule has 1 aliphatic heterocycles. The van der Waals surface area contributed by atoms with Crippen molar-refractivity contribution in [1.29, 1.82) is 0 Å². The second kappa shape index (κ2) is 7.94. The number of nitrogens with one attached hydrogen (secondary N) is 3. The topological polar surface area (TPSA) is 70.2 Å². The molecule has 5 nitrogen and oxygen atoms in total. The van der Waals surface area contributed by atoms with Gasteiger partial charge in [-0.2, -0.15) is 0 Å². The van der Waals surface area contributed by atoms with Gasteiger partial charge in [-0.05, 0) is 56.1 Å². The lowest BCUT2D eigenvalue weighted by atomic mass is 10.1. The lowest BCUT2D eigenvalue weighted by Gasteiger charge is -2.24. The van der Waals surface area contributed by atoms with E-state index in [4.69, 9.17) is 0 Å². The van der Waals surface area contributed by atoms with Crippen molar-refractivity contribution in [2.24, 2.45) is 0 Å². The molecule has 5 heteroatoms. The molecule has 0 unspecified atom stereocenters. The summed E-state index contributed by atoms with van der Waals surface area (Å²) in [7, 11) is 0. The number of carbonyl (C=O) groups is 2. The first kappa shape index (κ1) is 17.2. The fourth-order valence-electron chi connectivity index (χ4n) is 2.93. The Morgan fingerprint density at radius 1 is 1.04 bits per heavy atom. The Morgan fingerprint density at radius 3 is 2.56 bits per heavy atom.